The molecule has 0 aliphatic carbocycles. The van der Waals surface area contributed by atoms with Crippen LogP contribution in [-0.4, -0.2) is 42.4 Å². The minimum Gasteiger partial charge on any atom is -0.463 e. The van der Waals surface area contributed by atoms with Crippen LogP contribution >= 0.6 is 0 Å². The lowest BCUT2D eigenvalue weighted by atomic mass is 9.61. The van der Waals surface area contributed by atoms with Crippen LogP contribution in [0.5, 0.6) is 0 Å². The quantitative estimate of drug-likeness (QED) is 0.0775. The lowest BCUT2D eigenvalue weighted by Gasteiger charge is -2.43. The number of amides is 1. The topological polar surface area (TPSA) is 90.9 Å². The van der Waals surface area contributed by atoms with Crippen molar-refractivity contribution in [2.24, 2.45) is 22.2 Å². The molecule has 44 heavy (non-hydrogen) atoms. The van der Waals surface area contributed by atoms with E-state index < -0.39 is 17.1 Å². The second kappa shape index (κ2) is 19.0. The van der Waals surface area contributed by atoms with Crippen LogP contribution < -0.4 is 5.32 Å². The van der Waals surface area contributed by atoms with Gasteiger partial charge >= 0.3 is 18.0 Å². The highest BCUT2D eigenvalue weighted by Gasteiger charge is 2.47. The predicted molar refractivity (Wildman–Crippen MR) is 182 cm³/mol. The van der Waals surface area contributed by atoms with Crippen LogP contribution in [0.1, 0.15) is 173 Å². The minimum atomic E-state index is -0.647. The van der Waals surface area contributed by atoms with Gasteiger partial charge in [-0.15, -0.1) is 0 Å². The molecule has 0 aromatic heterocycles. The summed E-state index contributed by atoms with van der Waals surface area (Å²) in [6, 6.07) is 0. The molecule has 2 atom stereocenters. The standard InChI is InChI=1S/C37H71NO6/c1-14-18-22-29(15-2)27-37(16-3,17-4)43-30(39)23-20-19-21-24-35(11,12)44-32(41)38-25-26-42-31(40)36(13,34(8,9)10)28-33(5,6)7/h29H,14-28H2,1-13H3,(H,38,41). The number of carbonyl (C=O) groups is 3. The number of hydrogen-bond donors (Lipinski definition) is 1. The Bertz CT molecular complexity index is 849. The Morgan fingerprint density at radius 3 is 1.89 bits per heavy atom. The van der Waals surface area contributed by atoms with Gasteiger partial charge in [-0.2, -0.15) is 0 Å². The van der Waals surface area contributed by atoms with Gasteiger partial charge < -0.3 is 19.5 Å². The molecule has 7 nitrogen and oxygen atoms in total. The number of rotatable bonds is 21. The fourth-order valence-corrected chi connectivity index (χ4v) is 5.98. The first-order valence-electron chi connectivity index (χ1n) is 17.6. The molecule has 0 radical (unpaired) electrons. The maximum Gasteiger partial charge on any atom is 0.407 e. The van der Waals surface area contributed by atoms with Gasteiger partial charge in [-0.05, 0) is 82.5 Å². The molecule has 0 bridgehead atoms. The minimum absolute atomic E-state index is 0.0278. The smallest absolute Gasteiger partial charge is 0.407 e. The molecule has 0 rings (SSSR count). The van der Waals surface area contributed by atoms with Gasteiger partial charge in [0.2, 0.25) is 0 Å². The Kier molecular flexibility index (Phi) is 18.2. The fraction of sp³-hybridized carbons (Fsp3) is 0.919. The lowest BCUT2D eigenvalue weighted by Crippen LogP contribution is -2.45. The Morgan fingerprint density at radius 1 is 0.773 bits per heavy atom. The lowest BCUT2D eigenvalue weighted by molar-refractivity contribution is -0.165. The number of nitrogens with one attached hydrogen (secondary N) is 1. The number of alkyl carbamates (subject to hydrolysis) is 1. The summed E-state index contributed by atoms with van der Waals surface area (Å²) in [5.74, 6) is 0.252. The maximum absolute atomic E-state index is 13.1. The van der Waals surface area contributed by atoms with Crippen LogP contribution in [0.2, 0.25) is 0 Å². The Morgan fingerprint density at radius 2 is 1.39 bits per heavy atom. The van der Waals surface area contributed by atoms with E-state index in [4.69, 9.17) is 14.2 Å². The molecule has 2 unspecified atom stereocenters. The van der Waals surface area contributed by atoms with Crippen LogP contribution in [0.15, 0.2) is 0 Å². The molecule has 260 valence electrons. The summed E-state index contributed by atoms with van der Waals surface area (Å²) in [6.45, 7) is 27.3. The van der Waals surface area contributed by atoms with E-state index >= 15 is 0 Å². The van der Waals surface area contributed by atoms with E-state index in [9.17, 15) is 14.4 Å². The zero-order valence-corrected chi connectivity index (χ0v) is 31.1. The molecular weight excluding hydrogens is 554 g/mol. The van der Waals surface area contributed by atoms with Crippen molar-refractivity contribution >= 4 is 18.0 Å². The van der Waals surface area contributed by atoms with Crippen molar-refractivity contribution in [1.82, 2.24) is 5.32 Å². The highest BCUT2D eigenvalue weighted by Crippen LogP contribution is 2.47. The molecule has 1 N–H and O–H groups in total. The van der Waals surface area contributed by atoms with Crippen molar-refractivity contribution in [2.45, 2.75) is 185 Å². The van der Waals surface area contributed by atoms with E-state index in [0.29, 0.717) is 25.2 Å². The maximum atomic E-state index is 13.1. The van der Waals surface area contributed by atoms with Crippen LogP contribution in [0, 0.1) is 22.2 Å². The monoisotopic (exact) mass is 626 g/mol. The first-order chi connectivity index (χ1) is 20.2. The van der Waals surface area contributed by atoms with Gasteiger partial charge in [0.1, 0.15) is 17.8 Å². The molecule has 1 amide bonds. The van der Waals surface area contributed by atoms with E-state index in [2.05, 4.69) is 74.6 Å². The van der Waals surface area contributed by atoms with Crippen LogP contribution in [0.3, 0.4) is 0 Å². The number of unbranched alkanes of at least 4 members (excludes halogenated alkanes) is 3. The fourth-order valence-electron chi connectivity index (χ4n) is 5.98. The number of esters is 2. The molecular formula is C37H71NO6. The van der Waals surface area contributed by atoms with E-state index in [1.807, 2.05) is 20.8 Å². The van der Waals surface area contributed by atoms with Crippen LogP contribution in [0.25, 0.3) is 0 Å². The molecule has 0 aromatic rings. The summed E-state index contributed by atoms with van der Waals surface area (Å²) in [7, 11) is 0. The molecule has 0 heterocycles. The highest BCUT2D eigenvalue weighted by molar-refractivity contribution is 5.77. The summed E-state index contributed by atoms with van der Waals surface area (Å²) in [5, 5.41) is 2.71. The summed E-state index contributed by atoms with van der Waals surface area (Å²) in [4.78, 5) is 38.3. The highest BCUT2D eigenvalue weighted by atomic mass is 16.6. The van der Waals surface area contributed by atoms with Crippen LogP contribution in [-0.2, 0) is 23.8 Å². The van der Waals surface area contributed by atoms with Crippen molar-refractivity contribution < 1.29 is 28.6 Å². The van der Waals surface area contributed by atoms with Gasteiger partial charge in [0.05, 0.1) is 12.0 Å². The normalized spacial score (nSPS) is 14.8. The van der Waals surface area contributed by atoms with E-state index in [-0.39, 0.29) is 41.5 Å². The van der Waals surface area contributed by atoms with Crippen molar-refractivity contribution in [2.75, 3.05) is 13.2 Å². The molecule has 0 aliphatic rings. The van der Waals surface area contributed by atoms with Crippen LogP contribution in [0.4, 0.5) is 4.79 Å². The number of ether oxygens (including phenoxy) is 3. The molecule has 0 aliphatic heterocycles. The second-order valence-electron chi connectivity index (χ2n) is 16.1. The third-order valence-corrected chi connectivity index (χ3v) is 9.45. The Hall–Kier alpha value is -1.79. The van der Waals surface area contributed by atoms with E-state index in [1.165, 1.54) is 19.3 Å². The van der Waals surface area contributed by atoms with Gasteiger partial charge in [-0.25, -0.2) is 4.79 Å². The van der Waals surface area contributed by atoms with Gasteiger partial charge in [0, 0.05) is 6.42 Å². The summed E-state index contributed by atoms with van der Waals surface area (Å²) < 4.78 is 17.4. The third kappa shape index (κ3) is 16.0. The summed E-state index contributed by atoms with van der Waals surface area (Å²) >= 11 is 0. The first-order valence-corrected chi connectivity index (χ1v) is 17.6. The molecule has 0 saturated carbocycles. The molecule has 0 saturated heterocycles. The van der Waals surface area contributed by atoms with Gasteiger partial charge in [-0.1, -0.05) is 101 Å². The van der Waals surface area contributed by atoms with Gasteiger partial charge in [0.25, 0.3) is 0 Å². The second-order valence-corrected chi connectivity index (χ2v) is 16.1. The molecule has 7 heteroatoms. The zero-order valence-electron chi connectivity index (χ0n) is 31.1. The largest absolute Gasteiger partial charge is 0.463 e. The molecule has 0 aromatic carbocycles. The third-order valence-electron chi connectivity index (χ3n) is 9.45. The van der Waals surface area contributed by atoms with Crippen molar-refractivity contribution in [3.8, 4) is 0 Å². The van der Waals surface area contributed by atoms with Crippen molar-refractivity contribution in [3.05, 3.63) is 0 Å². The first kappa shape index (κ1) is 42.2. The van der Waals surface area contributed by atoms with Gasteiger partial charge in [-0.3, -0.25) is 9.59 Å². The van der Waals surface area contributed by atoms with Gasteiger partial charge in [0.15, 0.2) is 0 Å². The number of hydrogen-bond acceptors (Lipinski definition) is 6. The predicted octanol–water partition coefficient (Wildman–Crippen LogP) is 10.2. The molecule has 0 spiro atoms. The summed E-state index contributed by atoms with van der Waals surface area (Å²) in [6.07, 6.45) is 11.1. The molecule has 0 fully saturated rings. The van der Waals surface area contributed by atoms with Crippen molar-refractivity contribution in [1.29, 1.82) is 0 Å². The Labute approximate surface area is 271 Å². The Balaban J connectivity index is 4.56. The average molecular weight is 626 g/mol. The summed E-state index contributed by atoms with van der Waals surface area (Å²) in [5.41, 5.74) is -1.94. The van der Waals surface area contributed by atoms with E-state index in [1.54, 1.807) is 0 Å². The van der Waals surface area contributed by atoms with Crippen molar-refractivity contribution in [3.63, 3.8) is 0 Å². The zero-order chi connectivity index (χ0) is 34.2. The SMILES string of the molecule is CCCCC(CC)CC(CC)(CC)OC(=O)CCCCCC(C)(C)OC(=O)NCCOC(=O)C(C)(CC(C)(C)C)C(C)(C)C. The number of carbonyl (C=O) groups excluding carboxylic acids is 3. The van der Waals surface area contributed by atoms with E-state index in [0.717, 1.165) is 44.9 Å². The average Bonchev–Trinajstić information content (AvgIpc) is 2.90.